The summed E-state index contributed by atoms with van der Waals surface area (Å²) >= 11 is 0. The lowest BCUT2D eigenvalue weighted by Gasteiger charge is -2.17. The smallest absolute Gasteiger partial charge is 0.345 e. The molecule has 1 amide bonds. The summed E-state index contributed by atoms with van der Waals surface area (Å²) in [4.78, 5) is 34.0. The van der Waals surface area contributed by atoms with E-state index in [1.807, 2.05) is 24.6 Å². The monoisotopic (exact) mass is 317 g/mol. The van der Waals surface area contributed by atoms with Crippen molar-refractivity contribution in [3.8, 4) is 0 Å². The molecule has 0 radical (unpaired) electrons. The van der Waals surface area contributed by atoms with Crippen LogP contribution in [0.25, 0.3) is 0 Å². The zero-order valence-corrected chi connectivity index (χ0v) is 13.8. The van der Waals surface area contributed by atoms with Crippen LogP contribution in [0, 0.1) is 13.8 Å². The summed E-state index contributed by atoms with van der Waals surface area (Å²) < 4.78 is 1.95. The normalized spacial score (nSPS) is 12.1. The zero-order chi connectivity index (χ0) is 16.8. The fourth-order valence-corrected chi connectivity index (χ4v) is 2.59. The molecule has 2 rings (SSSR count). The van der Waals surface area contributed by atoms with Crippen LogP contribution in [0.2, 0.25) is 0 Å². The highest BCUT2D eigenvalue weighted by atomic mass is 16.1. The van der Waals surface area contributed by atoms with Crippen molar-refractivity contribution in [3.63, 3.8) is 0 Å². The third kappa shape index (κ3) is 4.77. The molecule has 23 heavy (non-hydrogen) atoms. The van der Waals surface area contributed by atoms with Gasteiger partial charge in [-0.25, -0.2) is 9.78 Å². The molecule has 0 saturated heterocycles. The molecule has 0 aromatic carbocycles. The molecule has 0 aliphatic carbocycles. The Kier molecular flexibility index (Phi) is 5.67. The first-order valence-electron chi connectivity index (χ1n) is 7.81. The minimum absolute atomic E-state index is 0.00182. The number of nitrogens with zero attached hydrogens (tertiary/aromatic N) is 3. The Morgan fingerprint density at radius 1 is 1.43 bits per heavy atom. The SMILES string of the molecule is CCC(Cn1ccnc1)NC(=O)CCc1c(C)nc(=O)[nH]c1C. The number of aromatic nitrogens is 4. The molecule has 0 aliphatic heterocycles. The van der Waals surface area contributed by atoms with Crippen LogP contribution >= 0.6 is 0 Å². The molecule has 1 atom stereocenters. The second kappa shape index (κ2) is 7.71. The van der Waals surface area contributed by atoms with Crippen molar-refractivity contribution in [2.45, 2.75) is 52.6 Å². The van der Waals surface area contributed by atoms with Gasteiger partial charge in [-0.05, 0) is 32.3 Å². The maximum absolute atomic E-state index is 12.2. The average Bonchev–Trinajstić information content (AvgIpc) is 2.98. The molecule has 2 aromatic heterocycles. The molecule has 0 fully saturated rings. The minimum atomic E-state index is -0.348. The molecule has 7 heteroatoms. The van der Waals surface area contributed by atoms with Crippen LogP contribution in [0.1, 0.15) is 36.7 Å². The van der Waals surface area contributed by atoms with E-state index in [-0.39, 0.29) is 17.6 Å². The van der Waals surface area contributed by atoms with Gasteiger partial charge in [0, 0.05) is 42.8 Å². The van der Waals surface area contributed by atoms with Gasteiger partial charge in [-0.2, -0.15) is 4.98 Å². The Balaban J connectivity index is 1.90. The van der Waals surface area contributed by atoms with Gasteiger partial charge in [-0.1, -0.05) is 6.92 Å². The van der Waals surface area contributed by atoms with Gasteiger partial charge in [-0.15, -0.1) is 0 Å². The summed E-state index contributed by atoms with van der Waals surface area (Å²) in [6.07, 6.45) is 7.14. The van der Waals surface area contributed by atoms with E-state index < -0.39 is 0 Å². The Hall–Kier alpha value is -2.44. The van der Waals surface area contributed by atoms with Gasteiger partial charge in [0.2, 0.25) is 5.91 Å². The van der Waals surface area contributed by atoms with Gasteiger partial charge in [0.1, 0.15) is 0 Å². The quantitative estimate of drug-likeness (QED) is 0.800. The molecule has 7 nitrogen and oxygen atoms in total. The summed E-state index contributed by atoms with van der Waals surface area (Å²) in [5.74, 6) is 0.00182. The topological polar surface area (TPSA) is 92.7 Å². The molecule has 0 bridgehead atoms. The number of amides is 1. The first kappa shape index (κ1) is 16.9. The predicted molar refractivity (Wildman–Crippen MR) is 87.1 cm³/mol. The van der Waals surface area contributed by atoms with E-state index in [1.54, 1.807) is 19.4 Å². The third-order valence-electron chi connectivity index (χ3n) is 3.90. The second-order valence-corrected chi connectivity index (χ2v) is 5.66. The summed E-state index contributed by atoms with van der Waals surface area (Å²) in [6.45, 7) is 6.38. The van der Waals surface area contributed by atoms with Crippen LogP contribution in [0.15, 0.2) is 23.5 Å². The van der Waals surface area contributed by atoms with Crippen molar-refractivity contribution in [1.29, 1.82) is 0 Å². The standard InChI is InChI=1S/C16H23N5O2/c1-4-13(9-21-8-7-17-10-21)20-15(22)6-5-14-11(2)18-16(23)19-12(14)3/h7-8,10,13H,4-6,9H2,1-3H3,(H,20,22)(H,18,19,23). The molecular weight excluding hydrogens is 294 g/mol. The van der Waals surface area contributed by atoms with Crippen molar-refractivity contribution < 1.29 is 4.79 Å². The number of H-pyrrole nitrogens is 1. The molecule has 1 unspecified atom stereocenters. The molecule has 124 valence electrons. The van der Waals surface area contributed by atoms with Gasteiger partial charge in [0.25, 0.3) is 0 Å². The number of nitrogens with one attached hydrogen (secondary N) is 2. The Morgan fingerprint density at radius 3 is 2.83 bits per heavy atom. The largest absolute Gasteiger partial charge is 0.352 e. The zero-order valence-electron chi connectivity index (χ0n) is 13.8. The molecular formula is C16H23N5O2. The molecule has 2 N–H and O–H groups in total. The van der Waals surface area contributed by atoms with Crippen LogP contribution < -0.4 is 11.0 Å². The highest BCUT2D eigenvalue weighted by Gasteiger charge is 2.13. The highest BCUT2D eigenvalue weighted by molar-refractivity contribution is 5.76. The van der Waals surface area contributed by atoms with Gasteiger partial charge < -0.3 is 14.9 Å². The number of carbonyl (C=O) groups is 1. The number of imidazole rings is 1. The number of aryl methyl sites for hydroxylation is 2. The first-order valence-corrected chi connectivity index (χ1v) is 7.81. The summed E-state index contributed by atoms with van der Waals surface area (Å²) in [7, 11) is 0. The van der Waals surface area contributed by atoms with E-state index in [9.17, 15) is 9.59 Å². The Bertz CT molecular complexity index is 680. The first-order chi connectivity index (χ1) is 11.0. The maximum atomic E-state index is 12.2. The lowest BCUT2D eigenvalue weighted by molar-refractivity contribution is -0.121. The molecule has 2 heterocycles. The lowest BCUT2D eigenvalue weighted by atomic mass is 10.1. The molecule has 0 aliphatic rings. The number of carbonyl (C=O) groups excluding carboxylic acids is 1. The highest BCUT2D eigenvalue weighted by Crippen LogP contribution is 2.09. The Morgan fingerprint density at radius 2 is 2.22 bits per heavy atom. The third-order valence-corrected chi connectivity index (χ3v) is 3.90. The van der Waals surface area contributed by atoms with Crippen molar-refractivity contribution in [2.75, 3.05) is 0 Å². The fraction of sp³-hybridized carbons (Fsp3) is 0.500. The van der Waals surface area contributed by atoms with Crippen LogP contribution in [0.3, 0.4) is 0 Å². The van der Waals surface area contributed by atoms with E-state index in [2.05, 4.69) is 20.3 Å². The molecule has 0 spiro atoms. The molecule has 2 aromatic rings. The van der Waals surface area contributed by atoms with Gasteiger partial charge in [-0.3, -0.25) is 4.79 Å². The van der Waals surface area contributed by atoms with E-state index in [0.717, 1.165) is 17.7 Å². The van der Waals surface area contributed by atoms with E-state index >= 15 is 0 Å². The van der Waals surface area contributed by atoms with Crippen molar-refractivity contribution in [2.24, 2.45) is 0 Å². The number of hydrogen-bond acceptors (Lipinski definition) is 4. The van der Waals surface area contributed by atoms with Gasteiger partial charge >= 0.3 is 5.69 Å². The van der Waals surface area contributed by atoms with Crippen LogP contribution in [0.5, 0.6) is 0 Å². The maximum Gasteiger partial charge on any atom is 0.345 e. The van der Waals surface area contributed by atoms with Crippen molar-refractivity contribution in [3.05, 3.63) is 46.2 Å². The Labute approximate surface area is 135 Å². The number of aromatic amines is 1. The average molecular weight is 317 g/mol. The van der Waals surface area contributed by atoms with Crippen LogP contribution in [-0.4, -0.2) is 31.5 Å². The van der Waals surface area contributed by atoms with E-state index in [0.29, 0.717) is 25.1 Å². The van der Waals surface area contributed by atoms with Gasteiger partial charge in [0.05, 0.1) is 6.33 Å². The van der Waals surface area contributed by atoms with E-state index in [4.69, 9.17) is 0 Å². The number of rotatable bonds is 7. The number of hydrogen-bond donors (Lipinski definition) is 2. The summed E-state index contributed by atoms with van der Waals surface area (Å²) in [5, 5.41) is 3.05. The predicted octanol–water partition coefficient (Wildman–Crippen LogP) is 1.11. The van der Waals surface area contributed by atoms with Gasteiger partial charge in [0.15, 0.2) is 0 Å². The van der Waals surface area contributed by atoms with E-state index in [1.165, 1.54) is 0 Å². The summed E-state index contributed by atoms with van der Waals surface area (Å²) in [5.41, 5.74) is 2.05. The fourth-order valence-electron chi connectivity index (χ4n) is 2.59. The summed E-state index contributed by atoms with van der Waals surface area (Å²) in [6, 6.07) is 0.0765. The second-order valence-electron chi connectivity index (χ2n) is 5.66. The lowest BCUT2D eigenvalue weighted by Crippen LogP contribution is -2.37. The van der Waals surface area contributed by atoms with Crippen molar-refractivity contribution in [1.82, 2.24) is 24.8 Å². The molecule has 0 saturated carbocycles. The minimum Gasteiger partial charge on any atom is -0.352 e. The van der Waals surface area contributed by atoms with Crippen molar-refractivity contribution >= 4 is 5.91 Å². The van der Waals surface area contributed by atoms with Crippen LogP contribution in [-0.2, 0) is 17.8 Å². The van der Waals surface area contributed by atoms with Crippen LogP contribution in [0.4, 0.5) is 0 Å².